The number of halogens is 1. The Morgan fingerprint density at radius 2 is 2.05 bits per heavy atom. The van der Waals surface area contributed by atoms with Crippen LogP contribution in [0.3, 0.4) is 0 Å². The van der Waals surface area contributed by atoms with Gasteiger partial charge in [-0.3, -0.25) is 4.79 Å². The van der Waals surface area contributed by atoms with E-state index in [0.717, 1.165) is 19.6 Å². The number of carbonyl (C=O) groups is 1. The number of carbonyl (C=O) groups excluding carboxylic acids is 1. The molecule has 116 valence electrons. The zero-order valence-corrected chi connectivity index (χ0v) is 13.7. The first-order valence-electron chi connectivity index (χ1n) is 8.13. The van der Waals surface area contributed by atoms with Crippen LogP contribution in [0.25, 0.3) is 0 Å². The summed E-state index contributed by atoms with van der Waals surface area (Å²) in [5.74, 6) is 1.55. The number of nitrogens with one attached hydrogen (secondary N) is 1. The molecule has 2 atom stereocenters. The summed E-state index contributed by atoms with van der Waals surface area (Å²) in [7, 11) is 0. The maximum atomic E-state index is 12.8. The van der Waals surface area contributed by atoms with Gasteiger partial charge in [-0.1, -0.05) is 13.8 Å². The van der Waals surface area contributed by atoms with Crippen molar-refractivity contribution in [2.75, 3.05) is 19.6 Å². The number of hydrogen-bond donors (Lipinski definition) is 1. The Morgan fingerprint density at radius 3 is 2.70 bits per heavy atom. The smallest absolute Gasteiger partial charge is 0.226 e. The number of hydrogen-bond acceptors (Lipinski definition) is 2. The van der Waals surface area contributed by atoms with Crippen LogP contribution in [0, 0.1) is 17.3 Å². The van der Waals surface area contributed by atoms with Crippen LogP contribution in [-0.4, -0.2) is 36.5 Å². The van der Waals surface area contributed by atoms with Gasteiger partial charge < -0.3 is 10.2 Å². The maximum absolute atomic E-state index is 12.8. The van der Waals surface area contributed by atoms with Gasteiger partial charge in [-0.2, -0.15) is 0 Å². The van der Waals surface area contributed by atoms with Crippen LogP contribution in [-0.2, 0) is 4.79 Å². The number of rotatable bonds is 3. The lowest BCUT2D eigenvalue weighted by molar-refractivity contribution is -0.134. The van der Waals surface area contributed by atoms with E-state index in [-0.39, 0.29) is 12.4 Å². The fourth-order valence-electron chi connectivity index (χ4n) is 4.29. The van der Waals surface area contributed by atoms with Crippen molar-refractivity contribution in [3.8, 4) is 0 Å². The second-order valence-electron chi connectivity index (χ2n) is 7.33. The molecule has 2 heterocycles. The highest BCUT2D eigenvalue weighted by Gasteiger charge is 2.59. The number of amides is 1. The molecule has 1 N–H and O–H groups in total. The lowest BCUT2D eigenvalue weighted by Gasteiger charge is -2.29. The van der Waals surface area contributed by atoms with E-state index in [9.17, 15) is 4.79 Å². The minimum absolute atomic E-state index is 0. The summed E-state index contributed by atoms with van der Waals surface area (Å²) >= 11 is 0. The molecule has 3 fully saturated rings. The van der Waals surface area contributed by atoms with Gasteiger partial charge in [-0.25, -0.2) is 0 Å². The molecular weight excluding hydrogens is 272 g/mol. The maximum Gasteiger partial charge on any atom is 0.226 e. The van der Waals surface area contributed by atoms with E-state index in [4.69, 9.17) is 0 Å². The van der Waals surface area contributed by atoms with Crippen LogP contribution < -0.4 is 5.32 Å². The van der Waals surface area contributed by atoms with Crippen molar-refractivity contribution in [3.05, 3.63) is 0 Å². The van der Waals surface area contributed by atoms with Gasteiger partial charge >= 0.3 is 0 Å². The van der Waals surface area contributed by atoms with Crippen molar-refractivity contribution in [1.82, 2.24) is 10.2 Å². The average Bonchev–Trinajstić information content (AvgIpc) is 2.86. The molecular formula is C16H29ClN2O. The van der Waals surface area contributed by atoms with Gasteiger partial charge in [-0.05, 0) is 62.9 Å². The Balaban J connectivity index is 0.00000147. The molecule has 2 aliphatic heterocycles. The highest BCUT2D eigenvalue weighted by atomic mass is 35.5. The minimum atomic E-state index is 0. The van der Waals surface area contributed by atoms with Crippen molar-refractivity contribution in [2.45, 2.75) is 58.4 Å². The van der Waals surface area contributed by atoms with Crippen molar-refractivity contribution in [3.63, 3.8) is 0 Å². The molecule has 1 saturated carbocycles. The molecule has 2 unspecified atom stereocenters. The van der Waals surface area contributed by atoms with Crippen LogP contribution in [0.4, 0.5) is 0 Å². The summed E-state index contributed by atoms with van der Waals surface area (Å²) in [5.41, 5.74) is 0.396. The summed E-state index contributed by atoms with van der Waals surface area (Å²) in [6, 6.07) is 0.534. The van der Waals surface area contributed by atoms with E-state index >= 15 is 0 Å². The van der Waals surface area contributed by atoms with E-state index in [1.165, 1.54) is 38.5 Å². The highest BCUT2D eigenvalue weighted by Crippen LogP contribution is 2.59. The summed E-state index contributed by atoms with van der Waals surface area (Å²) < 4.78 is 0. The molecule has 0 radical (unpaired) electrons. The van der Waals surface area contributed by atoms with E-state index in [2.05, 4.69) is 24.1 Å². The molecule has 3 aliphatic rings. The van der Waals surface area contributed by atoms with Gasteiger partial charge in [0.1, 0.15) is 0 Å². The molecule has 0 aromatic carbocycles. The molecule has 1 spiro atoms. The third-order valence-electron chi connectivity index (χ3n) is 5.49. The van der Waals surface area contributed by atoms with Gasteiger partial charge in [0, 0.05) is 18.5 Å². The number of likely N-dealkylation sites (tertiary alicyclic amines) is 1. The molecule has 1 amide bonds. The predicted molar refractivity (Wildman–Crippen MR) is 84.1 cm³/mol. The lowest BCUT2D eigenvalue weighted by Crippen LogP contribution is -2.39. The largest absolute Gasteiger partial charge is 0.339 e. The zero-order chi connectivity index (χ0) is 13.5. The molecule has 0 aromatic rings. The van der Waals surface area contributed by atoms with Crippen molar-refractivity contribution in [2.24, 2.45) is 17.3 Å². The third kappa shape index (κ3) is 2.99. The van der Waals surface area contributed by atoms with Crippen LogP contribution in [0.5, 0.6) is 0 Å². The third-order valence-corrected chi connectivity index (χ3v) is 5.49. The summed E-state index contributed by atoms with van der Waals surface area (Å²) in [6.45, 7) is 7.78. The molecule has 3 nitrogen and oxygen atoms in total. The van der Waals surface area contributed by atoms with Crippen LogP contribution in [0.1, 0.15) is 52.4 Å². The van der Waals surface area contributed by atoms with Gasteiger partial charge in [0.2, 0.25) is 5.91 Å². The topological polar surface area (TPSA) is 32.3 Å². The fourth-order valence-corrected chi connectivity index (χ4v) is 4.29. The number of nitrogens with zero attached hydrogens (tertiary/aromatic N) is 1. The summed E-state index contributed by atoms with van der Waals surface area (Å²) in [4.78, 5) is 15.0. The second-order valence-corrected chi connectivity index (χ2v) is 7.33. The van der Waals surface area contributed by atoms with Gasteiger partial charge in [0.05, 0.1) is 0 Å². The van der Waals surface area contributed by atoms with Gasteiger partial charge in [0.25, 0.3) is 0 Å². The molecule has 20 heavy (non-hydrogen) atoms. The Labute approximate surface area is 129 Å². The average molecular weight is 301 g/mol. The predicted octanol–water partition coefficient (Wildman–Crippen LogP) is 2.84. The second kappa shape index (κ2) is 6.23. The zero-order valence-electron chi connectivity index (χ0n) is 12.9. The molecule has 1 aliphatic carbocycles. The lowest BCUT2D eigenvalue weighted by atomic mass is 9.91. The summed E-state index contributed by atoms with van der Waals surface area (Å²) in [6.07, 6.45) is 7.22. The quantitative estimate of drug-likeness (QED) is 0.869. The van der Waals surface area contributed by atoms with Crippen LogP contribution in [0.2, 0.25) is 0 Å². The normalized spacial score (nSPS) is 31.4. The van der Waals surface area contributed by atoms with E-state index < -0.39 is 0 Å². The summed E-state index contributed by atoms with van der Waals surface area (Å²) in [5, 5.41) is 3.42. The van der Waals surface area contributed by atoms with E-state index in [1.807, 2.05) is 0 Å². The Morgan fingerprint density at radius 1 is 1.35 bits per heavy atom. The Hall–Kier alpha value is -0.280. The molecule has 0 aromatic heterocycles. The standard InChI is InChI=1S/C16H28N2O.ClH/c1-12(2)10-13-4-3-9-18(13)15(19)14-11-16(14)5-7-17-8-6-16;/h12-14,17H,3-11H2,1-2H3;1H. The fraction of sp³-hybridized carbons (Fsp3) is 0.938. The van der Waals surface area contributed by atoms with E-state index in [1.54, 1.807) is 0 Å². The van der Waals surface area contributed by atoms with Crippen molar-refractivity contribution >= 4 is 18.3 Å². The van der Waals surface area contributed by atoms with Crippen LogP contribution in [0.15, 0.2) is 0 Å². The SMILES string of the molecule is CC(C)CC1CCCN1C(=O)C1CC12CCNCC2.Cl. The molecule has 3 rings (SSSR count). The van der Waals surface area contributed by atoms with Crippen molar-refractivity contribution in [1.29, 1.82) is 0 Å². The molecule has 2 saturated heterocycles. The first kappa shape index (κ1) is 16.1. The van der Waals surface area contributed by atoms with Crippen molar-refractivity contribution < 1.29 is 4.79 Å². The van der Waals surface area contributed by atoms with Crippen LogP contribution >= 0.6 is 12.4 Å². The Kier molecular flexibility index (Phi) is 5.01. The first-order chi connectivity index (χ1) is 9.12. The van der Waals surface area contributed by atoms with E-state index in [0.29, 0.717) is 29.2 Å². The van der Waals surface area contributed by atoms with Gasteiger partial charge in [-0.15, -0.1) is 12.4 Å². The number of piperidine rings is 1. The van der Waals surface area contributed by atoms with Gasteiger partial charge in [0.15, 0.2) is 0 Å². The Bertz CT molecular complexity index is 352. The monoisotopic (exact) mass is 300 g/mol. The highest BCUT2D eigenvalue weighted by molar-refractivity contribution is 5.85. The molecule has 4 heteroatoms. The molecule has 0 bridgehead atoms. The minimum Gasteiger partial charge on any atom is -0.339 e. The first-order valence-corrected chi connectivity index (χ1v) is 8.13.